The summed E-state index contributed by atoms with van der Waals surface area (Å²) in [6.45, 7) is 13.6. The predicted molar refractivity (Wildman–Crippen MR) is 47.8 cm³/mol. The summed E-state index contributed by atoms with van der Waals surface area (Å²) in [7, 11) is 0. The summed E-state index contributed by atoms with van der Waals surface area (Å²) in [5.41, 5.74) is 0. The van der Waals surface area contributed by atoms with E-state index >= 15 is 0 Å². The zero-order valence-corrected chi connectivity index (χ0v) is 7.70. The lowest BCUT2D eigenvalue weighted by atomic mass is 10.4. The molecule has 0 spiro atoms. The molecule has 0 saturated carbocycles. The monoisotopic (exact) mass is 130 g/mol. The lowest BCUT2D eigenvalue weighted by molar-refractivity contribution is 0.886. The number of hydrogen-bond donors (Lipinski definition) is 0. The Balaban J connectivity index is -0.0000000646. The van der Waals surface area contributed by atoms with E-state index in [1.807, 2.05) is 20.8 Å². The van der Waals surface area contributed by atoms with Gasteiger partial charge in [0, 0.05) is 0 Å². The van der Waals surface area contributed by atoms with E-state index in [0.717, 1.165) is 0 Å². The third-order valence-electron chi connectivity index (χ3n) is 0.500. The van der Waals surface area contributed by atoms with Crippen LogP contribution in [0.4, 0.5) is 0 Å². The van der Waals surface area contributed by atoms with Gasteiger partial charge in [-0.1, -0.05) is 46.6 Å². The highest BCUT2D eigenvalue weighted by Crippen LogP contribution is 1.76. The molecule has 0 atom stereocenters. The smallest absolute Gasteiger partial charge is 0.0473 e. The fourth-order valence-corrected chi connectivity index (χ4v) is 0. The Labute approximate surface area is 61.0 Å². The van der Waals surface area contributed by atoms with Crippen molar-refractivity contribution in [2.75, 3.05) is 0 Å². The molecule has 0 N–H and O–H groups in total. The zero-order chi connectivity index (χ0) is 8.12. The third kappa shape index (κ3) is 466. The van der Waals surface area contributed by atoms with Gasteiger partial charge in [-0.25, -0.2) is 0 Å². The third-order valence-corrected chi connectivity index (χ3v) is 0.500. The minimum absolute atomic E-state index is 1.32. The maximum atomic E-state index is 3.36. The van der Waals surface area contributed by atoms with E-state index in [-0.39, 0.29) is 0 Å². The van der Waals surface area contributed by atoms with E-state index in [4.69, 9.17) is 0 Å². The van der Waals surface area contributed by atoms with Crippen LogP contribution in [-0.4, -0.2) is 0 Å². The minimum Gasteiger partial charge on any atom is -0.103 e. The topological polar surface area (TPSA) is 0 Å². The van der Waals surface area contributed by atoms with E-state index in [0.29, 0.717) is 0 Å². The largest absolute Gasteiger partial charge is 0.103 e. The summed E-state index contributed by atoms with van der Waals surface area (Å²) < 4.78 is 0. The van der Waals surface area contributed by atoms with Gasteiger partial charge in [-0.3, -0.25) is 0 Å². The van der Waals surface area contributed by atoms with Crippen molar-refractivity contribution in [3.05, 3.63) is 12.7 Å². The molecule has 0 rings (SSSR count). The Hall–Kier alpha value is -0.260. The Morgan fingerprint density at radius 1 is 1.11 bits per heavy atom. The highest BCUT2D eigenvalue weighted by atomic mass is 13.6. The van der Waals surface area contributed by atoms with Crippen molar-refractivity contribution in [1.82, 2.24) is 0 Å². The fourth-order valence-electron chi connectivity index (χ4n) is 0. The van der Waals surface area contributed by atoms with Gasteiger partial charge in [0.05, 0.1) is 0 Å². The molecule has 0 amide bonds. The van der Waals surface area contributed by atoms with Crippen molar-refractivity contribution < 1.29 is 0 Å². The molecular weight excluding hydrogens is 108 g/mol. The first-order valence-electron chi connectivity index (χ1n) is 3.90. The Morgan fingerprint density at radius 2 is 1.22 bits per heavy atom. The summed E-state index contributed by atoms with van der Waals surface area (Å²) >= 11 is 0. The summed E-state index contributed by atoms with van der Waals surface area (Å²) in [6, 6.07) is 0. The molecule has 58 valence electrons. The standard InChI is InChI=1S/C4H10.C3H6.C2H6/c1-3-4-2;1-3-2;1-2/h3-4H2,1-2H3;3H,1H2,2H3;1-2H3. The summed E-state index contributed by atoms with van der Waals surface area (Å²) in [4.78, 5) is 0. The lowest BCUT2D eigenvalue weighted by Gasteiger charge is -1.68. The molecule has 9 heavy (non-hydrogen) atoms. The minimum atomic E-state index is 1.32. The van der Waals surface area contributed by atoms with Gasteiger partial charge in [-0.15, -0.1) is 6.58 Å². The van der Waals surface area contributed by atoms with Gasteiger partial charge in [-0.05, 0) is 6.92 Å². The normalized spacial score (nSPS) is 5.44. The Bertz CT molecular complexity index is 19.2. The quantitative estimate of drug-likeness (QED) is 0.470. The second kappa shape index (κ2) is 46.8. The van der Waals surface area contributed by atoms with Crippen LogP contribution >= 0.6 is 0 Å². The molecule has 0 bridgehead atoms. The molecule has 0 aliphatic carbocycles. The van der Waals surface area contributed by atoms with Gasteiger partial charge in [-0.2, -0.15) is 0 Å². The van der Waals surface area contributed by atoms with E-state index < -0.39 is 0 Å². The molecule has 0 nitrogen and oxygen atoms in total. The number of rotatable bonds is 1. The Kier molecular flexibility index (Phi) is 82.7. The zero-order valence-electron chi connectivity index (χ0n) is 7.70. The summed E-state index contributed by atoms with van der Waals surface area (Å²) in [5.74, 6) is 0. The van der Waals surface area contributed by atoms with Gasteiger partial charge in [0.1, 0.15) is 0 Å². The average molecular weight is 130 g/mol. The number of allylic oxidation sites excluding steroid dienone is 1. The molecule has 0 aromatic heterocycles. The van der Waals surface area contributed by atoms with E-state index in [2.05, 4.69) is 20.4 Å². The first-order chi connectivity index (χ1) is 4.33. The van der Waals surface area contributed by atoms with Crippen molar-refractivity contribution >= 4 is 0 Å². The van der Waals surface area contributed by atoms with Crippen LogP contribution in [0.1, 0.15) is 47.5 Å². The predicted octanol–water partition coefficient (Wildman–Crippen LogP) is 4.02. The molecule has 0 aromatic carbocycles. The maximum absolute atomic E-state index is 3.36. The van der Waals surface area contributed by atoms with Gasteiger partial charge in [0.15, 0.2) is 0 Å². The van der Waals surface area contributed by atoms with Crippen molar-refractivity contribution in [3.8, 4) is 0 Å². The van der Waals surface area contributed by atoms with Crippen LogP contribution in [0.2, 0.25) is 0 Å². The average Bonchev–Trinajstić information content (AvgIpc) is 1.94. The van der Waals surface area contributed by atoms with Crippen LogP contribution in [-0.2, 0) is 0 Å². The second-order valence-electron chi connectivity index (χ2n) is 1.41. The van der Waals surface area contributed by atoms with Gasteiger partial charge in [0.25, 0.3) is 0 Å². The van der Waals surface area contributed by atoms with Crippen molar-refractivity contribution in [3.63, 3.8) is 0 Å². The highest BCUT2D eigenvalue weighted by molar-refractivity contribution is 4.51. The molecule has 0 heterocycles. The first-order valence-corrected chi connectivity index (χ1v) is 3.90. The van der Waals surface area contributed by atoms with Crippen molar-refractivity contribution in [1.29, 1.82) is 0 Å². The number of unbranched alkanes of at least 4 members (excludes halogenated alkanes) is 1. The van der Waals surface area contributed by atoms with Crippen LogP contribution in [0.5, 0.6) is 0 Å². The van der Waals surface area contributed by atoms with E-state index in [1.54, 1.807) is 6.08 Å². The maximum Gasteiger partial charge on any atom is -0.0473 e. The highest BCUT2D eigenvalue weighted by Gasteiger charge is 1.56. The van der Waals surface area contributed by atoms with E-state index in [9.17, 15) is 0 Å². The molecule has 0 aromatic rings. The van der Waals surface area contributed by atoms with Gasteiger partial charge in [0.2, 0.25) is 0 Å². The first kappa shape index (κ1) is 15.9. The van der Waals surface area contributed by atoms with Gasteiger partial charge >= 0.3 is 0 Å². The van der Waals surface area contributed by atoms with Gasteiger partial charge < -0.3 is 0 Å². The molecule has 0 radical (unpaired) electrons. The molecule has 0 fully saturated rings. The van der Waals surface area contributed by atoms with Crippen molar-refractivity contribution in [2.24, 2.45) is 0 Å². The van der Waals surface area contributed by atoms with Crippen molar-refractivity contribution in [2.45, 2.75) is 47.5 Å². The molecule has 0 heteroatoms. The second-order valence-corrected chi connectivity index (χ2v) is 1.41. The SMILES string of the molecule is C=CC.CC.CCCC. The van der Waals surface area contributed by atoms with E-state index in [1.165, 1.54) is 12.8 Å². The number of hydrogen-bond acceptors (Lipinski definition) is 0. The van der Waals surface area contributed by atoms with Crippen LogP contribution in [0.25, 0.3) is 0 Å². The fraction of sp³-hybridized carbons (Fsp3) is 0.778. The molecule has 0 saturated heterocycles. The summed E-state index contributed by atoms with van der Waals surface area (Å²) in [6.07, 6.45) is 4.39. The molecule has 0 aliphatic rings. The molecular formula is C9H22. The summed E-state index contributed by atoms with van der Waals surface area (Å²) in [5, 5.41) is 0. The van der Waals surface area contributed by atoms with Crippen LogP contribution in [0.15, 0.2) is 12.7 Å². The lowest BCUT2D eigenvalue weighted by Crippen LogP contribution is -1.47. The Morgan fingerprint density at radius 3 is 1.22 bits per heavy atom. The van der Waals surface area contributed by atoms with Crippen LogP contribution in [0.3, 0.4) is 0 Å². The molecule has 0 aliphatic heterocycles. The van der Waals surface area contributed by atoms with Crippen LogP contribution < -0.4 is 0 Å². The molecule has 0 unspecified atom stereocenters. The van der Waals surface area contributed by atoms with Crippen LogP contribution in [0, 0.1) is 0 Å².